The summed E-state index contributed by atoms with van der Waals surface area (Å²) in [6.45, 7) is 0. The fourth-order valence-corrected chi connectivity index (χ4v) is 4.80. The molecule has 0 amide bonds. The van der Waals surface area contributed by atoms with Gasteiger partial charge in [0.1, 0.15) is 5.75 Å². The summed E-state index contributed by atoms with van der Waals surface area (Å²) in [5.74, 6) is 0.893. The van der Waals surface area contributed by atoms with E-state index in [1.807, 2.05) is 24.3 Å². The van der Waals surface area contributed by atoms with Crippen LogP contribution >= 0.6 is 15.9 Å². The third-order valence-electron chi connectivity index (χ3n) is 5.77. The van der Waals surface area contributed by atoms with Gasteiger partial charge in [-0.25, -0.2) is 4.98 Å². The van der Waals surface area contributed by atoms with Crippen molar-refractivity contribution in [3.63, 3.8) is 0 Å². The summed E-state index contributed by atoms with van der Waals surface area (Å²) in [5.41, 5.74) is 4.29. The maximum absolute atomic E-state index is 6.29. The first kappa shape index (κ1) is 17.7. The van der Waals surface area contributed by atoms with Gasteiger partial charge in [0, 0.05) is 31.6 Å². The molecule has 1 atom stereocenters. The molecule has 0 radical (unpaired) electrons. The van der Waals surface area contributed by atoms with Crippen molar-refractivity contribution in [2.45, 2.75) is 19.1 Å². The maximum atomic E-state index is 6.29. The number of nitrogens with one attached hydrogen (secondary N) is 1. The molecule has 146 valence electrons. The lowest BCUT2D eigenvalue weighted by Gasteiger charge is -2.13. The van der Waals surface area contributed by atoms with E-state index in [-0.39, 0.29) is 6.23 Å². The molecule has 2 aliphatic rings. The molecule has 30 heavy (non-hydrogen) atoms. The Balaban J connectivity index is 1.63. The number of nitrogens with zero attached hydrogens (tertiary/aromatic N) is 1. The molecule has 0 spiro atoms. The molecule has 3 aromatic carbocycles. The van der Waals surface area contributed by atoms with E-state index in [4.69, 9.17) is 9.72 Å². The number of hydrogen-bond donors (Lipinski definition) is 1. The Morgan fingerprint density at radius 3 is 2.67 bits per heavy atom. The molecule has 0 saturated heterocycles. The lowest BCUT2D eigenvalue weighted by molar-refractivity contribution is 0.260. The van der Waals surface area contributed by atoms with Crippen molar-refractivity contribution < 1.29 is 4.74 Å². The number of anilines is 1. The molecule has 1 aliphatic carbocycles. The van der Waals surface area contributed by atoms with E-state index in [1.54, 1.807) is 0 Å². The van der Waals surface area contributed by atoms with Crippen molar-refractivity contribution in [2.24, 2.45) is 0 Å². The van der Waals surface area contributed by atoms with Crippen LogP contribution in [0, 0.1) is 0 Å². The summed E-state index contributed by atoms with van der Waals surface area (Å²) in [7, 11) is 0. The minimum Gasteiger partial charge on any atom is -0.464 e. The van der Waals surface area contributed by atoms with Crippen LogP contribution in [-0.4, -0.2) is 4.98 Å². The van der Waals surface area contributed by atoms with Gasteiger partial charge in [0.15, 0.2) is 6.23 Å². The molecule has 4 heteroatoms. The summed E-state index contributed by atoms with van der Waals surface area (Å²) < 4.78 is 7.34. The SMILES string of the molecule is Brc1cccc(-c2nc3c(c4c5c(ccc24)OC(c2ccccc2)N5)=CCCC=3)c1. The average Bonchev–Trinajstić information content (AvgIpc) is 3.23. The third-order valence-corrected chi connectivity index (χ3v) is 6.27. The zero-order chi connectivity index (χ0) is 20.1. The summed E-state index contributed by atoms with van der Waals surface area (Å²) in [6, 6.07) is 22.9. The zero-order valence-electron chi connectivity index (χ0n) is 16.2. The van der Waals surface area contributed by atoms with Crippen LogP contribution in [0.3, 0.4) is 0 Å². The first-order chi connectivity index (χ1) is 14.8. The predicted octanol–water partition coefficient (Wildman–Crippen LogP) is 5.52. The van der Waals surface area contributed by atoms with E-state index in [0.717, 1.165) is 56.3 Å². The predicted molar refractivity (Wildman–Crippen MR) is 126 cm³/mol. The van der Waals surface area contributed by atoms with Gasteiger partial charge in [-0.15, -0.1) is 0 Å². The number of hydrogen-bond acceptors (Lipinski definition) is 3. The molecule has 2 heterocycles. The van der Waals surface area contributed by atoms with Crippen molar-refractivity contribution >= 4 is 44.5 Å². The standard InChI is InChI=1S/C26H19BrN2O/c27-18-10-6-9-17(15-18)24-20-13-14-22-25(23(20)19-11-4-5-12-21(19)28-24)29-26(30-22)16-7-2-1-3-8-16/h1-3,6-15,26,29H,4-5H2. The number of ether oxygens (including phenoxy) is 1. The zero-order valence-corrected chi connectivity index (χ0v) is 17.8. The molecule has 3 nitrogen and oxygen atoms in total. The topological polar surface area (TPSA) is 34.1 Å². The summed E-state index contributed by atoms with van der Waals surface area (Å²) >= 11 is 3.61. The smallest absolute Gasteiger partial charge is 0.196 e. The van der Waals surface area contributed by atoms with Gasteiger partial charge in [-0.1, -0.05) is 70.5 Å². The van der Waals surface area contributed by atoms with Crippen LogP contribution in [0.5, 0.6) is 5.75 Å². The highest BCUT2D eigenvalue weighted by molar-refractivity contribution is 9.10. The van der Waals surface area contributed by atoms with Gasteiger partial charge in [-0.05, 0) is 37.1 Å². The van der Waals surface area contributed by atoms with Crippen molar-refractivity contribution in [3.05, 3.63) is 87.3 Å². The highest BCUT2D eigenvalue weighted by atomic mass is 79.9. The highest BCUT2D eigenvalue weighted by Crippen LogP contribution is 2.43. The Bertz CT molecular complexity index is 1410. The molecular formula is C26H19BrN2O. The molecule has 0 fully saturated rings. The lowest BCUT2D eigenvalue weighted by atomic mass is 9.98. The number of benzene rings is 3. The van der Waals surface area contributed by atoms with E-state index in [1.165, 1.54) is 10.6 Å². The Labute approximate surface area is 182 Å². The van der Waals surface area contributed by atoms with Gasteiger partial charge in [0.05, 0.1) is 16.7 Å². The molecular weight excluding hydrogens is 436 g/mol. The first-order valence-corrected chi connectivity index (χ1v) is 11.0. The Kier molecular flexibility index (Phi) is 4.13. The number of fused-ring (bicyclic) bond motifs is 5. The van der Waals surface area contributed by atoms with E-state index >= 15 is 0 Å². The first-order valence-electron chi connectivity index (χ1n) is 10.2. The van der Waals surface area contributed by atoms with Crippen LogP contribution in [0.2, 0.25) is 0 Å². The molecule has 0 bridgehead atoms. The number of aromatic nitrogens is 1. The highest BCUT2D eigenvalue weighted by Gasteiger charge is 2.27. The minimum absolute atomic E-state index is 0.183. The van der Waals surface area contributed by atoms with Crippen molar-refractivity contribution in [1.82, 2.24) is 4.98 Å². The fraction of sp³-hybridized carbons (Fsp3) is 0.115. The fourth-order valence-electron chi connectivity index (χ4n) is 4.40. The van der Waals surface area contributed by atoms with Crippen LogP contribution in [0.1, 0.15) is 24.6 Å². The van der Waals surface area contributed by atoms with Crippen LogP contribution in [0.4, 0.5) is 5.69 Å². The quantitative estimate of drug-likeness (QED) is 0.432. The summed E-state index contributed by atoms with van der Waals surface area (Å²) in [6.07, 6.45) is 6.44. The van der Waals surface area contributed by atoms with E-state index < -0.39 is 0 Å². The Hall–Kier alpha value is -3.11. The van der Waals surface area contributed by atoms with Gasteiger partial charge >= 0.3 is 0 Å². The van der Waals surface area contributed by atoms with E-state index in [9.17, 15) is 0 Å². The second-order valence-electron chi connectivity index (χ2n) is 7.67. The van der Waals surface area contributed by atoms with Gasteiger partial charge in [-0.2, -0.15) is 0 Å². The lowest BCUT2D eigenvalue weighted by Crippen LogP contribution is -2.31. The maximum Gasteiger partial charge on any atom is 0.196 e. The number of pyridine rings is 1. The number of halogens is 1. The summed E-state index contributed by atoms with van der Waals surface area (Å²) in [4.78, 5) is 5.08. The van der Waals surface area contributed by atoms with Gasteiger partial charge in [0.2, 0.25) is 0 Å². The largest absolute Gasteiger partial charge is 0.464 e. The molecule has 0 saturated carbocycles. The normalized spacial score (nSPS) is 16.6. The van der Waals surface area contributed by atoms with Crippen molar-refractivity contribution in [3.8, 4) is 17.0 Å². The average molecular weight is 455 g/mol. The minimum atomic E-state index is -0.183. The van der Waals surface area contributed by atoms with Crippen molar-refractivity contribution in [2.75, 3.05) is 5.32 Å². The Morgan fingerprint density at radius 1 is 0.933 bits per heavy atom. The van der Waals surface area contributed by atoms with Gasteiger partial charge in [0.25, 0.3) is 0 Å². The molecule has 4 aromatic rings. The van der Waals surface area contributed by atoms with E-state index in [2.05, 4.69) is 75.9 Å². The van der Waals surface area contributed by atoms with Crippen LogP contribution < -0.4 is 20.6 Å². The van der Waals surface area contributed by atoms with Crippen molar-refractivity contribution in [1.29, 1.82) is 0 Å². The molecule has 6 rings (SSSR count). The van der Waals surface area contributed by atoms with E-state index in [0.29, 0.717) is 0 Å². The number of rotatable bonds is 2. The Morgan fingerprint density at radius 2 is 1.80 bits per heavy atom. The van der Waals surface area contributed by atoms with Crippen LogP contribution in [-0.2, 0) is 0 Å². The van der Waals surface area contributed by atoms with Gasteiger partial charge < -0.3 is 10.1 Å². The van der Waals surface area contributed by atoms with Crippen LogP contribution in [0.25, 0.3) is 34.2 Å². The molecule has 1 N–H and O–H groups in total. The second kappa shape index (κ2) is 6.99. The second-order valence-corrected chi connectivity index (χ2v) is 8.59. The monoisotopic (exact) mass is 454 g/mol. The van der Waals surface area contributed by atoms with Gasteiger partial charge in [-0.3, -0.25) is 0 Å². The molecule has 1 aliphatic heterocycles. The summed E-state index contributed by atoms with van der Waals surface area (Å²) in [5, 5.41) is 8.24. The molecule has 1 unspecified atom stereocenters. The van der Waals surface area contributed by atoms with Crippen LogP contribution in [0.15, 0.2) is 71.2 Å². The third kappa shape index (κ3) is 2.83. The molecule has 1 aromatic heterocycles.